The van der Waals surface area contributed by atoms with Crippen LogP contribution in [-0.4, -0.2) is 23.1 Å². The fourth-order valence-corrected chi connectivity index (χ4v) is 1.73. The van der Waals surface area contributed by atoms with Crippen molar-refractivity contribution in [3.63, 3.8) is 0 Å². The summed E-state index contributed by atoms with van der Waals surface area (Å²) >= 11 is 3.45. The van der Waals surface area contributed by atoms with E-state index in [1.54, 1.807) is 6.20 Å². The van der Waals surface area contributed by atoms with Crippen LogP contribution in [0.3, 0.4) is 0 Å². The smallest absolute Gasteiger partial charge is 0.224 e. The molecule has 0 bridgehead atoms. The summed E-state index contributed by atoms with van der Waals surface area (Å²) in [6.45, 7) is 6.18. The van der Waals surface area contributed by atoms with Gasteiger partial charge in [-0.3, -0.25) is 0 Å². The van der Waals surface area contributed by atoms with Crippen LogP contribution in [0.5, 0.6) is 0 Å². The van der Waals surface area contributed by atoms with E-state index < -0.39 is 0 Å². The van der Waals surface area contributed by atoms with Crippen molar-refractivity contribution in [1.29, 1.82) is 0 Å². The number of hydrogen-bond acceptors (Lipinski definition) is 4. The van der Waals surface area contributed by atoms with E-state index in [0.29, 0.717) is 5.95 Å². The first-order chi connectivity index (χ1) is 8.27. The molecule has 0 amide bonds. The number of nitrogens with zero attached hydrogens (tertiary/aromatic N) is 2. The highest BCUT2D eigenvalue weighted by molar-refractivity contribution is 9.10. The fourth-order valence-electron chi connectivity index (χ4n) is 1.39. The number of hydrogen-bond donors (Lipinski definition) is 2. The predicted octanol–water partition coefficient (Wildman–Crippen LogP) is 3.66. The van der Waals surface area contributed by atoms with Crippen molar-refractivity contribution in [2.45, 2.75) is 39.5 Å². The minimum atomic E-state index is 0.688. The van der Waals surface area contributed by atoms with Crippen LogP contribution in [0.4, 0.5) is 11.8 Å². The molecule has 0 aliphatic carbocycles. The lowest BCUT2D eigenvalue weighted by atomic mass is 10.2. The van der Waals surface area contributed by atoms with E-state index >= 15 is 0 Å². The SMILES string of the molecule is CCCCCNc1nc(NCCC)ncc1Br. The lowest BCUT2D eigenvalue weighted by Crippen LogP contribution is -2.08. The summed E-state index contributed by atoms with van der Waals surface area (Å²) in [5, 5.41) is 6.51. The van der Waals surface area contributed by atoms with E-state index in [2.05, 4.69) is 50.4 Å². The average Bonchev–Trinajstić information content (AvgIpc) is 2.35. The van der Waals surface area contributed by atoms with Crippen LogP contribution in [0.25, 0.3) is 0 Å². The van der Waals surface area contributed by atoms with Crippen LogP contribution in [-0.2, 0) is 0 Å². The van der Waals surface area contributed by atoms with Crippen LogP contribution >= 0.6 is 15.9 Å². The number of nitrogens with one attached hydrogen (secondary N) is 2. The predicted molar refractivity (Wildman–Crippen MR) is 76.5 cm³/mol. The lowest BCUT2D eigenvalue weighted by Gasteiger charge is -2.09. The number of anilines is 2. The number of unbranched alkanes of at least 4 members (excludes halogenated alkanes) is 2. The zero-order valence-corrected chi connectivity index (χ0v) is 12.2. The van der Waals surface area contributed by atoms with Crippen molar-refractivity contribution in [3.8, 4) is 0 Å². The molecular weight excluding hydrogens is 280 g/mol. The van der Waals surface area contributed by atoms with Crippen LogP contribution in [0.2, 0.25) is 0 Å². The van der Waals surface area contributed by atoms with Crippen LogP contribution in [0.15, 0.2) is 10.7 Å². The first-order valence-corrected chi connectivity index (χ1v) is 7.07. The highest BCUT2D eigenvalue weighted by Gasteiger charge is 2.03. The van der Waals surface area contributed by atoms with E-state index in [1.165, 1.54) is 19.3 Å². The molecule has 2 N–H and O–H groups in total. The first-order valence-electron chi connectivity index (χ1n) is 6.28. The minimum absolute atomic E-state index is 0.688. The second-order valence-corrected chi connectivity index (χ2v) is 4.81. The maximum absolute atomic E-state index is 4.43. The van der Waals surface area contributed by atoms with E-state index in [1.807, 2.05) is 0 Å². The van der Waals surface area contributed by atoms with Crippen molar-refractivity contribution in [3.05, 3.63) is 10.7 Å². The van der Waals surface area contributed by atoms with Gasteiger partial charge in [-0.2, -0.15) is 4.98 Å². The van der Waals surface area contributed by atoms with Crippen LogP contribution in [0.1, 0.15) is 39.5 Å². The summed E-state index contributed by atoms with van der Waals surface area (Å²) in [5.74, 6) is 1.56. The molecular formula is C12H21BrN4. The summed E-state index contributed by atoms with van der Waals surface area (Å²) in [6, 6.07) is 0. The average molecular weight is 301 g/mol. The Morgan fingerprint density at radius 1 is 1.12 bits per heavy atom. The van der Waals surface area contributed by atoms with Gasteiger partial charge in [0.15, 0.2) is 0 Å². The molecule has 0 aromatic carbocycles. The van der Waals surface area contributed by atoms with E-state index in [-0.39, 0.29) is 0 Å². The summed E-state index contributed by atoms with van der Waals surface area (Å²) in [7, 11) is 0. The molecule has 0 aliphatic heterocycles. The van der Waals surface area contributed by atoms with E-state index in [9.17, 15) is 0 Å². The molecule has 0 unspecified atom stereocenters. The highest BCUT2D eigenvalue weighted by atomic mass is 79.9. The zero-order valence-electron chi connectivity index (χ0n) is 10.6. The van der Waals surface area contributed by atoms with Gasteiger partial charge < -0.3 is 10.6 Å². The molecule has 0 atom stereocenters. The number of aromatic nitrogens is 2. The Bertz CT molecular complexity index is 330. The molecule has 4 nitrogen and oxygen atoms in total. The maximum Gasteiger partial charge on any atom is 0.224 e. The normalized spacial score (nSPS) is 10.3. The van der Waals surface area contributed by atoms with Gasteiger partial charge in [-0.25, -0.2) is 4.98 Å². The lowest BCUT2D eigenvalue weighted by molar-refractivity contribution is 0.742. The maximum atomic E-state index is 4.43. The Morgan fingerprint density at radius 3 is 2.65 bits per heavy atom. The molecule has 0 fully saturated rings. The van der Waals surface area contributed by atoms with Crippen molar-refractivity contribution < 1.29 is 0 Å². The molecule has 96 valence electrons. The third-order valence-electron chi connectivity index (χ3n) is 2.35. The standard InChI is InChI=1S/C12H21BrN4/c1-3-5-6-8-14-11-10(13)9-16-12(17-11)15-7-4-2/h9H,3-8H2,1-2H3,(H2,14,15,16,17). The van der Waals surface area contributed by atoms with Gasteiger partial charge in [0.05, 0.1) is 4.47 Å². The Balaban J connectivity index is 2.50. The Morgan fingerprint density at radius 2 is 1.94 bits per heavy atom. The number of rotatable bonds is 8. The first kappa shape index (κ1) is 14.2. The number of halogens is 1. The van der Waals surface area contributed by atoms with Gasteiger partial charge in [0.2, 0.25) is 5.95 Å². The largest absolute Gasteiger partial charge is 0.369 e. The van der Waals surface area contributed by atoms with Crippen molar-refractivity contribution in [1.82, 2.24) is 9.97 Å². The topological polar surface area (TPSA) is 49.8 Å². The second-order valence-electron chi connectivity index (χ2n) is 3.95. The van der Waals surface area contributed by atoms with Gasteiger partial charge in [-0.05, 0) is 28.8 Å². The summed E-state index contributed by atoms with van der Waals surface area (Å²) in [4.78, 5) is 8.64. The van der Waals surface area contributed by atoms with Gasteiger partial charge in [0.25, 0.3) is 0 Å². The molecule has 17 heavy (non-hydrogen) atoms. The van der Waals surface area contributed by atoms with Crippen molar-refractivity contribution in [2.75, 3.05) is 23.7 Å². The quantitative estimate of drug-likeness (QED) is 0.719. The second kappa shape index (κ2) is 8.28. The van der Waals surface area contributed by atoms with Crippen molar-refractivity contribution in [2.24, 2.45) is 0 Å². The van der Waals surface area contributed by atoms with Gasteiger partial charge in [-0.15, -0.1) is 0 Å². The molecule has 5 heteroatoms. The summed E-state index contributed by atoms with van der Waals surface area (Å²) < 4.78 is 0.913. The Labute approximate surface area is 112 Å². The molecule has 0 spiro atoms. The molecule has 0 aliphatic rings. The molecule has 1 heterocycles. The molecule has 1 rings (SSSR count). The Kier molecular flexibility index (Phi) is 6.93. The monoisotopic (exact) mass is 300 g/mol. The molecule has 0 saturated heterocycles. The highest BCUT2D eigenvalue weighted by Crippen LogP contribution is 2.20. The van der Waals surface area contributed by atoms with Gasteiger partial charge in [-0.1, -0.05) is 26.7 Å². The van der Waals surface area contributed by atoms with Crippen LogP contribution in [0, 0.1) is 0 Å². The molecule has 0 saturated carbocycles. The van der Waals surface area contributed by atoms with Gasteiger partial charge in [0.1, 0.15) is 5.82 Å². The van der Waals surface area contributed by atoms with Gasteiger partial charge in [0, 0.05) is 19.3 Å². The van der Waals surface area contributed by atoms with Crippen LogP contribution < -0.4 is 10.6 Å². The zero-order chi connectivity index (χ0) is 12.5. The summed E-state index contributed by atoms with van der Waals surface area (Å²) in [6.07, 6.45) is 6.50. The van der Waals surface area contributed by atoms with E-state index in [0.717, 1.165) is 29.8 Å². The third-order valence-corrected chi connectivity index (χ3v) is 2.93. The fraction of sp³-hybridized carbons (Fsp3) is 0.667. The van der Waals surface area contributed by atoms with Crippen molar-refractivity contribution >= 4 is 27.7 Å². The molecule has 0 radical (unpaired) electrons. The molecule has 1 aromatic rings. The molecule has 1 aromatic heterocycles. The minimum Gasteiger partial charge on any atom is -0.369 e. The van der Waals surface area contributed by atoms with E-state index in [4.69, 9.17) is 0 Å². The van der Waals surface area contributed by atoms with Gasteiger partial charge >= 0.3 is 0 Å². The summed E-state index contributed by atoms with van der Waals surface area (Å²) in [5.41, 5.74) is 0. The third kappa shape index (κ3) is 5.35. The Hall–Kier alpha value is -0.840.